The maximum Gasteiger partial charge on any atom is 0.224 e. The summed E-state index contributed by atoms with van der Waals surface area (Å²) < 4.78 is 26.9. The number of nitrogens with zero attached hydrogens (tertiary/aromatic N) is 3. The van der Waals surface area contributed by atoms with Gasteiger partial charge in [0.05, 0.1) is 0 Å². The lowest BCUT2D eigenvalue weighted by molar-refractivity contribution is 0.558. The van der Waals surface area contributed by atoms with Crippen LogP contribution in [-0.2, 0) is 6.42 Å². The molecule has 0 aliphatic heterocycles. The Morgan fingerprint density at radius 2 is 1.83 bits per heavy atom. The normalized spacial score (nSPS) is 10.6. The second-order valence-electron chi connectivity index (χ2n) is 3.47. The van der Waals surface area contributed by atoms with E-state index in [1.807, 2.05) is 0 Å². The molecule has 2 aromatic rings. The van der Waals surface area contributed by atoms with E-state index in [2.05, 4.69) is 15.0 Å². The van der Waals surface area contributed by atoms with Crippen LogP contribution in [-0.4, -0.2) is 21.2 Å². The second kappa shape index (κ2) is 5.26. The fraction of sp³-hybridized carbons (Fsp3) is 0.182. The molecule has 0 bridgehead atoms. The standard InChI is InChI=1S/C11H10F2N4S/c1-18-11-16-9(15-10(14)17-11)5-6-7(12)3-2-4-8(6)13/h2-4H,5H2,1H3,(H2,14,15,16,17). The van der Waals surface area contributed by atoms with E-state index in [9.17, 15) is 8.78 Å². The molecule has 2 rings (SSSR count). The fourth-order valence-electron chi connectivity index (χ4n) is 1.45. The van der Waals surface area contributed by atoms with E-state index in [0.717, 1.165) is 0 Å². The molecule has 4 nitrogen and oxygen atoms in total. The van der Waals surface area contributed by atoms with Gasteiger partial charge < -0.3 is 5.73 Å². The minimum Gasteiger partial charge on any atom is -0.368 e. The fourth-order valence-corrected chi connectivity index (χ4v) is 1.83. The summed E-state index contributed by atoms with van der Waals surface area (Å²) in [6.45, 7) is 0. The van der Waals surface area contributed by atoms with E-state index in [4.69, 9.17) is 5.73 Å². The summed E-state index contributed by atoms with van der Waals surface area (Å²) in [6.07, 6.45) is 1.72. The van der Waals surface area contributed by atoms with Gasteiger partial charge >= 0.3 is 0 Å². The van der Waals surface area contributed by atoms with Gasteiger partial charge in [-0.1, -0.05) is 17.8 Å². The van der Waals surface area contributed by atoms with Crippen LogP contribution < -0.4 is 5.73 Å². The SMILES string of the molecule is CSc1nc(N)nc(Cc2c(F)cccc2F)n1. The van der Waals surface area contributed by atoms with Crippen molar-refractivity contribution in [3.05, 3.63) is 41.2 Å². The third-order valence-corrected chi connectivity index (χ3v) is 2.81. The molecule has 0 aliphatic rings. The van der Waals surface area contributed by atoms with Crippen molar-refractivity contribution in [1.29, 1.82) is 0 Å². The predicted octanol–water partition coefficient (Wildman–Crippen LogP) is 2.04. The van der Waals surface area contributed by atoms with Gasteiger partial charge in [-0.15, -0.1) is 0 Å². The number of halogens is 2. The Labute approximate surface area is 107 Å². The van der Waals surface area contributed by atoms with Crippen LogP contribution in [0.5, 0.6) is 0 Å². The first-order chi connectivity index (χ1) is 8.60. The zero-order valence-corrected chi connectivity index (χ0v) is 10.3. The van der Waals surface area contributed by atoms with E-state index < -0.39 is 11.6 Å². The summed E-state index contributed by atoms with van der Waals surface area (Å²) in [5.74, 6) is -0.962. The molecule has 0 radical (unpaired) electrons. The van der Waals surface area contributed by atoms with Crippen LogP contribution in [0.2, 0.25) is 0 Å². The van der Waals surface area contributed by atoms with Crippen molar-refractivity contribution in [2.24, 2.45) is 0 Å². The van der Waals surface area contributed by atoms with Crippen LogP contribution in [0.4, 0.5) is 14.7 Å². The molecule has 0 unspecified atom stereocenters. The molecule has 0 aliphatic carbocycles. The summed E-state index contributed by atoms with van der Waals surface area (Å²) in [5, 5.41) is 0.425. The van der Waals surface area contributed by atoms with Crippen molar-refractivity contribution in [2.75, 3.05) is 12.0 Å². The molecule has 1 aromatic carbocycles. The number of rotatable bonds is 3. The molecule has 1 heterocycles. The summed E-state index contributed by atoms with van der Waals surface area (Å²) in [4.78, 5) is 11.8. The van der Waals surface area contributed by atoms with Crippen molar-refractivity contribution < 1.29 is 8.78 Å². The topological polar surface area (TPSA) is 64.7 Å². The number of hydrogen-bond acceptors (Lipinski definition) is 5. The Balaban J connectivity index is 2.37. The molecule has 0 saturated heterocycles. The number of hydrogen-bond donors (Lipinski definition) is 1. The van der Waals surface area contributed by atoms with Crippen LogP contribution in [0.1, 0.15) is 11.4 Å². The van der Waals surface area contributed by atoms with E-state index >= 15 is 0 Å². The van der Waals surface area contributed by atoms with E-state index in [1.165, 1.54) is 30.0 Å². The number of aromatic nitrogens is 3. The summed E-state index contributed by atoms with van der Waals surface area (Å²) in [6, 6.07) is 3.69. The second-order valence-corrected chi connectivity index (χ2v) is 4.25. The molecular weight excluding hydrogens is 258 g/mol. The number of anilines is 1. The van der Waals surface area contributed by atoms with Crippen LogP contribution in [0.25, 0.3) is 0 Å². The van der Waals surface area contributed by atoms with Gasteiger partial charge in [-0.25, -0.2) is 13.8 Å². The van der Waals surface area contributed by atoms with Crippen molar-refractivity contribution in [3.63, 3.8) is 0 Å². The molecule has 7 heteroatoms. The first-order valence-electron chi connectivity index (χ1n) is 5.07. The van der Waals surface area contributed by atoms with Gasteiger partial charge in [-0.05, 0) is 18.4 Å². The third-order valence-electron chi connectivity index (χ3n) is 2.26. The molecule has 0 fully saturated rings. The molecule has 0 spiro atoms. The lowest BCUT2D eigenvalue weighted by Crippen LogP contribution is -2.07. The molecule has 18 heavy (non-hydrogen) atoms. The number of nitrogens with two attached hydrogens (primary N) is 1. The number of benzene rings is 1. The Hall–Kier alpha value is -1.76. The maximum absolute atomic E-state index is 13.5. The summed E-state index contributed by atoms with van der Waals surface area (Å²) >= 11 is 1.29. The first kappa shape index (κ1) is 12.7. The summed E-state index contributed by atoms with van der Waals surface area (Å²) in [7, 11) is 0. The van der Waals surface area contributed by atoms with Gasteiger partial charge in [0.2, 0.25) is 5.95 Å². The first-order valence-corrected chi connectivity index (χ1v) is 6.30. The molecule has 2 N–H and O–H groups in total. The number of nitrogen functional groups attached to an aromatic ring is 1. The van der Waals surface area contributed by atoms with Gasteiger partial charge in [0.15, 0.2) is 5.16 Å². The quantitative estimate of drug-likeness (QED) is 0.863. The monoisotopic (exact) mass is 268 g/mol. The molecular formula is C11H10F2N4S. The van der Waals surface area contributed by atoms with Crippen molar-refractivity contribution in [1.82, 2.24) is 15.0 Å². The van der Waals surface area contributed by atoms with Crippen LogP contribution >= 0.6 is 11.8 Å². The maximum atomic E-state index is 13.5. The van der Waals surface area contributed by atoms with Crippen molar-refractivity contribution in [3.8, 4) is 0 Å². The summed E-state index contributed by atoms with van der Waals surface area (Å²) in [5.41, 5.74) is 5.43. The number of thioether (sulfide) groups is 1. The van der Waals surface area contributed by atoms with Gasteiger partial charge in [-0.3, -0.25) is 0 Å². The van der Waals surface area contributed by atoms with Gasteiger partial charge in [0, 0.05) is 12.0 Å². The van der Waals surface area contributed by atoms with Gasteiger partial charge in [0.1, 0.15) is 17.5 Å². The molecule has 94 valence electrons. The predicted molar refractivity (Wildman–Crippen MR) is 65.2 cm³/mol. The van der Waals surface area contributed by atoms with Crippen LogP contribution in [0.3, 0.4) is 0 Å². The average Bonchev–Trinajstić information content (AvgIpc) is 2.33. The van der Waals surface area contributed by atoms with E-state index in [0.29, 0.717) is 5.16 Å². The smallest absolute Gasteiger partial charge is 0.224 e. The highest BCUT2D eigenvalue weighted by atomic mass is 32.2. The van der Waals surface area contributed by atoms with Gasteiger partial charge in [0.25, 0.3) is 0 Å². The highest BCUT2D eigenvalue weighted by Gasteiger charge is 2.12. The Morgan fingerprint density at radius 1 is 1.17 bits per heavy atom. The molecule has 0 saturated carbocycles. The van der Waals surface area contributed by atoms with E-state index in [1.54, 1.807) is 6.26 Å². The lowest BCUT2D eigenvalue weighted by atomic mass is 10.1. The van der Waals surface area contributed by atoms with Crippen LogP contribution in [0.15, 0.2) is 23.4 Å². The largest absolute Gasteiger partial charge is 0.368 e. The molecule has 0 amide bonds. The Kier molecular flexibility index (Phi) is 3.71. The highest BCUT2D eigenvalue weighted by molar-refractivity contribution is 7.98. The van der Waals surface area contributed by atoms with Gasteiger partial charge in [-0.2, -0.15) is 9.97 Å². The Bertz CT molecular complexity index is 557. The zero-order valence-electron chi connectivity index (χ0n) is 9.52. The zero-order chi connectivity index (χ0) is 13.1. The highest BCUT2D eigenvalue weighted by Crippen LogP contribution is 2.17. The minimum absolute atomic E-state index is 0.0427. The lowest BCUT2D eigenvalue weighted by Gasteiger charge is -2.05. The molecule has 0 atom stereocenters. The minimum atomic E-state index is -0.625. The Morgan fingerprint density at radius 3 is 2.44 bits per heavy atom. The van der Waals surface area contributed by atoms with Crippen molar-refractivity contribution in [2.45, 2.75) is 11.6 Å². The molecule has 1 aromatic heterocycles. The van der Waals surface area contributed by atoms with Crippen molar-refractivity contribution >= 4 is 17.7 Å². The van der Waals surface area contributed by atoms with Crippen LogP contribution in [0, 0.1) is 11.6 Å². The third kappa shape index (κ3) is 2.73. The van der Waals surface area contributed by atoms with E-state index in [-0.39, 0.29) is 23.8 Å². The average molecular weight is 268 g/mol.